The molecule has 1 aromatic heterocycles. The van der Waals surface area contributed by atoms with E-state index in [2.05, 4.69) is 15.3 Å². The van der Waals surface area contributed by atoms with Gasteiger partial charge in [-0.05, 0) is 49.1 Å². The van der Waals surface area contributed by atoms with Gasteiger partial charge in [0, 0.05) is 13.2 Å². The highest BCUT2D eigenvalue weighted by molar-refractivity contribution is 6.28. The van der Waals surface area contributed by atoms with Crippen molar-refractivity contribution < 1.29 is 10.0 Å². The molecule has 8 heteroatoms. The molecule has 0 spiro atoms. The van der Waals surface area contributed by atoms with E-state index in [4.69, 9.17) is 16.7 Å². The molecule has 1 saturated carbocycles. The summed E-state index contributed by atoms with van der Waals surface area (Å²) in [4.78, 5) is 17.8. The Morgan fingerprint density at radius 3 is 2.65 bits per heavy atom. The quantitative estimate of drug-likeness (QED) is 0.491. The summed E-state index contributed by atoms with van der Waals surface area (Å²) in [5.41, 5.74) is -0.168. The van der Waals surface area contributed by atoms with Gasteiger partial charge >= 0.3 is 5.69 Å². The van der Waals surface area contributed by atoms with E-state index >= 15 is 0 Å². The highest BCUT2D eigenvalue weighted by Gasteiger charge is 2.22. The summed E-state index contributed by atoms with van der Waals surface area (Å²) in [6.07, 6.45) is 5.11. The van der Waals surface area contributed by atoms with Crippen LogP contribution in [0.3, 0.4) is 0 Å². The number of aromatic nitrogens is 2. The van der Waals surface area contributed by atoms with Gasteiger partial charge in [0.05, 0.1) is 4.92 Å². The van der Waals surface area contributed by atoms with Crippen LogP contribution in [-0.2, 0) is 0 Å². The number of nitrogens with one attached hydrogen (secondary N) is 1. The number of rotatable bonds is 5. The van der Waals surface area contributed by atoms with Crippen LogP contribution in [0.15, 0.2) is 6.20 Å². The van der Waals surface area contributed by atoms with Gasteiger partial charge in [0.2, 0.25) is 11.1 Å². The highest BCUT2D eigenvalue weighted by Crippen LogP contribution is 2.29. The number of hydrogen-bond acceptors (Lipinski definition) is 6. The van der Waals surface area contributed by atoms with Crippen LogP contribution in [0.25, 0.3) is 0 Å². The monoisotopic (exact) mass is 300 g/mol. The molecule has 2 N–H and O–H groups in total. The lowest BCUT2D eigenvalue weighted by Crippen LogP contribution is -2.23. The number of aliphatic hydroxyl groups excluding tert-OH is 1. The lowest BCUT2D eigenvalue weighted by molar-refractivity contribution is -0.384. The Hall–Kier alpha value is -1.47. The van der Waals surface area contributed by atoms with Crippen LogP contribution < -0.4 is 5.32 Å². The van der Waals surface area contributed by atoms with E-state index in [1.807, 2.05) is 0 Å². The molecule has 0 saturated heterocycles. The van der Waals surface area contributed by atoms with Gasteiger partial charge in [-0.1, -0.05) is 0 Å². The summed E-state index contributed by atoms with van der Waals surface area (Å²) in [6, 6.07) is 0. The predicted molar refractivity (Wildman–Crippen MR) is 74.7 cm³/mol. The molecule has 0 radical (unpaired) electrons. The molecule has 1 aliphatic rings. The first-order valence-electron chi connectivity index (χ1n) is 6.61. The number of aliphatic hydroxyl groups is 1. The van der Waals surface area contributed by atoms with Crippen LogP contribution in [0.4, 0.5) is 11.5 Å². The maximum atomic E-state index is 10.9. The molecular formula is C12H17ClN4O3. The Bertz CT molecular complexity index is 478. The number of halogens is 1. The normalized spacial score (nSPS) is 22.5. The van der Waals surface area contributed by atoms with Crippen LogP contribution in [0, 0.1) is 22.0 Å². The molecule has 0 atom stereocenters. The second-order valence-electron chi connectivity index (χ2n) is 5.08. The fourth-order valence-electron chi connectivity index (χ4n) is 2.48. The van der Waals surface area contributed by atoms with Gasteiger partial charge in [0.1, 0.15) is 6.20 Å². The molecule has 0 bridgehead atoms. The van der Waals surface area contributed by atoms with Crippen molar-refractivity contribution >= 4 is 23.1 Å². The second kappa shape index (κ2) is 6.81. The Balaban J connectivity index is 1.94. The minimum Gasteiger partial charge on any atom is -0.396 e. The molecule has 7 nitrogen and oxygen atoms in total. The van der Waals surface area contributed by atoms with Gasteiger partial charge in [-0.3, -0.25) is 10.1 Å². The zero-order valence-corrected chi connectivity index (χ0v) is 11.7. The molecule has 2 rings (SSSR count). The van der Waals surface area contributed by atoms with Crippen LogP contribution in [-0.4, -0.2) is 33.1 Å². The van der Waals surface area contributed by atoms with Crippen molar-refractivity contribution in [1.82, 2.24) is 9.97 Å². The summed E-state index contributed by atoms with van der Waals surface area (Å²) >= 11 is 5.67. The zero-order chi connectivity index (χ0) is 14.5. The molecule has 1 fully saturated rings. The Labute approximate surface area is 121 Å². The zero-order valence-electron chi connectivity index (χ0n) is 11.0. The Morgan fingerprint density at radius 2 is 2.05 bits per heavy atom. The van der Waals surface area contributed by atoms with Crippen molar-refractivity contribution in [3.8, 4) is 0 Å². The number of hydrogen-bond donors (Lipinski definition) is 2. The number of nitrogens with zero attached hydrogens (tertiary/aromatic N) is 3. The summed E-state index contributed by atoms with van der Waals surface area (Å²) in [5.74, 6) is 1.000. The van der Waals surface area contributed by atoms with Crippen molar-refractivity contribution in [2.24, 2.45) is 11.8 Å². The average Bonchev–Trinajstić information content (AvgIpc) is 2.45. The minimum absolute atomic E-state index is 0.0120. The minimum atomic E-state index is -0.526. The van der Waals surface area contributed by atoms with Crippen LogP contribution in [0.5, 0.6) is 0 Å². The van der Waals surface area contributed by atoms with Gasteiger partial charge in [-0.25, -0.2) is 4.98 Å². The summed E-state index contributed by atoms with van der Waals surface area (Å²) in [5, 5.41) is 23.0. The summed E-state index contributed by atoms with van der Waals surface area (Å²) < 4.78 is 0. The van der Waals surface area contributed by atoms with Crippen LogP contribution >= 0.6 is 11.6 Å². The highest BCUT2D eigenvalue weighted by atomic mass is 35.5. The fourth-order valence-corrected chi connectivity index (χ4v) is 2.61. The molecule has 20 heavy (non-hydrogen) atoms. The van der Waals surface area contributed by atoms with Gasteiger partial charge in [0.15, 0.2) is 0 Å². The molecule has 0 amide bonds. The standard InChI is InChI=1S/C12H17ClN4O3/c13-12-15-6-10(17(19)20)11(16-12)14-5-8-1-3-9(7-18)4-2-8/h6,8-9,18H,1-5,7H2,(H,14,15,16)/t8-,9-. The lowest BCUT2D eigenvalue weighted by atomic mass is 9.82. The Morgan fingerprint density at radius 1 is 1.40 bits per heavy atom. The first-order valence-corrected chi connectivity index (χ1v) is 6.99. The van der Waals surface area contributed by atoms with Crippen molar-refractivity contribution in [1.29, 1.82) is 0 Å². The molecule has 1 heterocycles. The number of anilines is 1. The van der Waals surface area contributed by atoms with Gasteiger partial charge in [0.25, 0.3) is 0 Å². The first kappa shape index (κ1) is 14.9. The van der Waals surface area contributed by atoms with E-state index in [0.717, 1.165) is 31.9 Å². The second-order valence-corrected chi connectivity index (χ2v) is 5.42. The van der Waals surface area contributed by atoms with Crippen LogP contribution in [0.2, 0.25) is 5.28 Å². The Kier molecular flexibility index (Phi) is 5.08. The van der Waals surface area contributed by atoms with Crippen molar-refractivity contribution in [3.05, 3.63) is 21.6 Å². The van der Waals surface area contributed by atoms with E-state index in [0.29, 0.717) is 18.4 Å². The molecule has 1 aliphatic carbocycles. The summed E-state index contributed by atoms with van der Waals surface area (Å²) in [6.45, 7) is 0.861. The van der Waals surface area contributed by atoms with E-state index in [-0.39, 0.29) is 23.4 Å². The maximum absolute atomic E-state index is 10.9. The van der Waals surface area contributed by atoms with Gasteiger partial charge in [-0.2, -0.15) is 4.98 Å². The molecule has 0 aliphatic heterocycles. The van der Waals surface area contributed by atoms with Gasteiger partial charge in [-0.15, -0.1) is 0 Å². The predicted octanol–water partition coefficient (Wildman–Crippen LogP) is 2.25. The third kappa shape index (κ3) is 3.77. The molecule has 0 aromatic carbocycles. The topological polar surface area (TPSA) is 101 Å². The van der Waals surface area contributed by atoms with E-state index in [9.17, 15) is 10.1 Å². The SMILES string of the molecule is O=[N+]([O-])c1cnc(Cl)nc1NC[C@H]1CC[C@H](CO)CC1. The lowest BCUT2D eigenvalue weighted by Gasteiger charge is -2.27. The molecule has 110 valence electrons. The maximum Gasteiger partial charge on any atom is 0.329 e. The van der Waals surface area contributed by atoms with E-state index in [1.165, 1.54) is 0 Å². The van der Waals surface area contributed by atoms with Crippen LogP contribution in [0.1, 0.15) is 25.7 Å². The van der Waals surface area contributed by atoms with Gasteiger partial charge < -0.3 is 10.4 Å². The average molecular weight is 301 g/mol. The van der Waals surface area contributed by atoms with Crippen molar-refractivity contribution in [2.75, 3.05) is 18.5 Å². The number of nitro groups is 1. The van der Waals surface area contributed by atoms with Crippen molar-refractivity contribution in [2.45, 2.75) is 25.7 Å². The molecule has 0 unspecified atom stereocenters. The first-order chi connectivity index (χ1) is 9.60. The van der Waals surface area contributed by atoms with E-state index in [1.54, 1.807) is 0 Å². The molecule has 1 aromatic rings. The fraction of sp³-hybridized carbons (Fsp3) is 0.667. The van der Waals surface area contributed by atoms with Crippen molar-refractivity contribution in [3.63, 3.8) is 0 Å². The third-order valence-corrected chi connectivity index (χ3v) is 3.90. The van der Waals surface area contributed by atoms with E-state index < -0.39 is 4.92 Å². The third-order valence-electron chi connectivity index (χ3n) is 3.72. The summed E-state index contributed by atoms with van der Waals surface area (Å²) in [7, 11) is 0. The molecular weight excluding hydrogens is 284 g/mol. The largest absolute Gasteiger partial charge is 0.396 e. The smallest absolute Gasteiger partial charge is 0.329 e.